The molecule has 1 aromatic carbocycles. The Hall–Kier alpha value is -2.36. The molecule has 0 spiro atoms. The second kappa shape index (κ2) is 7.71. The van der Waals surface area contributed by atoms with Gasteiger partial charge in [0.2, 0.25) is 0 Å². The zero-order valence-electron chi connectivity index (χ0n) is 16.9. The zero-order valence-corrected chi connectivity index (χ0v) is 16.9. The molecular weight excluding hydrogens is 337 g/mol. The van der Waals surface area contributed by atoms with Crippen molar-refractivity contribution in [3.8, 4) is 11.1 Å². The van der Waals surface area contributed by atoms with Crippen molar-refractivity contribution in [2.75, 3.05) is 0 Å². The van der Waals surface area contributed by atoms with Crippen molar-refractivity contribution in [3.63, 3.8) is 0 Å². The van der Waals surface area contributed by atoms with Gasteiger partial charge in [-0.3, -0.25) is 4.98 Å². The molecule has 0 fully saturated rings. The molecule has 3 rings (SSSR count). The molecule has 0 bridgehead atoms. The third kappa shape index (κ3) is 4.49. The number of nitrogens with one attached hydrogen (secondary N) is 2. The Morgan fingerprint density at radius 1 is 1.26 bits per heavy atom. The zero-order chi connectivity index (χ0) is 19.6. The summed E-state index contributed by atoms with van der Waals surface area (Å²) in [5, 5.41) is 6.86. The molecule has 0 radical (unpaired) electrons. The van der Waals surface area contributed by atoms with E-state index in [1.807, 2.05) is 30.5 Å². The first kappa shape index (κ1) is 19.4. The monoisotopic (exact) mass is 367 g/mol. The Bertz CT molecular complexity index is 836. The summed E-state index contributed by atoms with van der Waals surface area (Å²) in [4.78, 5) is 4.44. The molecule has 4 heteroatoms. The number of aromatic nitrogens is 1. The maximum atomic E-state index is 14.9. The van der Waals surface area contributed by atoms with Gasteiger partial charge in [0, 0.05) is 53.3 Å². The lowest BCUT2D eigenvalue weighted by Gasteiger charge is -2.19. The normalized spacial score (nSPS) is 18.0. The number of nitrogens with zero attached hydrogens (tertiary/aromatic N) is 1. The Balaban J connectivity index is 1.78. The van der Waals surface area contributed by atoms with Gasteiger partial charge >= 0.3 is 0 Å². The highest BCUT2D eigenvalue weighted by Gasteiger charge is 2.19. The molecule has 2 atom stereocenters. The minimum absolute atomic E-state index is 0.0554. The molecule has 0 amide bonds. The Kier molecular flexibility index (Phi) is 5.54. The quantitative estimate of drug-likeness (QED) is 0.738. The fraction of sp³-hybridized carbons (Fsp3) is 0.435. The van der Waals surface area contributed by atoms with Gasteiger partial charge in [0.1, 0.15) is 5.82 Å². The fourth-order valence-corrected chi connectivity index (χ4v) is 3.37. The molecule has 2 heterocycles. The average Bonchev–Trinajstić information content (AvgIpc) is 3.08. The van der Waals surface area contributed by atoms with Crippen molar-refractivity contribution in [2.24, 2.45) is 0 Å². The number of pyridine rings is 1. The Morgan fingerprint density at radius 3 is 2.67 bits per heavy atom. The highest BCUT2D eigenvalue weighted by atomic mass is 19.1. The van der Waals surface area contributed by atoms with Gasteiger partial charge in [-0.05, 0) is 42.7 Å². The van der Waals surface area contributed by atoms with Crippen LogP contribution in [0.4, 0.5) is 4.39 Å². The van der Waals surface area contributed by atoms with Crippen molar-refractivity contribution in [3.05, 3.63) is 65.5 Å². The minimum atomic E-state index is -0.197. The minimum Gasteiger partial charge on any atom is -0.386 e. The molecular formula is C23H30FN3. The van der Waals surface area contributed by atoms with E-state index in [0.717, 1.165) is 29.7 Å². The molecule has 1 aromatic heterocycles. The van der Waals surface area contributed by atoms with Gasteiger partial charge in [0.05, 0.1) is 0 Å². The second-order valence-electron chi connectivity index (χ2n) is 8.43. The van der Waals surface area contributed by atoms with E-state index in [-0.39, 0.29) is 17.3 Å². The third-order valence-electron chi connectivity index (χ3n) is 5.19. The molecule has 27 heavy (non-hydrogen) atoms. The highest BCUT2D eigenvalue weighted by molar-refractivity contribution is 5.65. The van der Waals surface area contributed by atoms with Crippen molar-refractivity contribution in [2.45, 2.75) is 65.0 Å². The first-order valence-electron chi connectivity index (χ1n) is 9.76. The van der Waals surface area contributed by atoms with E-state index in [1.165, 1.54) is 5.70 Å². The highest BCUT2D eigenvalue weighted by Crippen LogP contribution is 2.29. The second-order valence-corrected chi connectivity index (χ2v) is 8.43. The molecule has 1 unspecified atom stereocenters. The Labute approximate surface area is 162 Å². The van der Waals surface area contributed by atoms with Crippen LogP contribution in [-0.4, -0.2) is 11.0 Å². The van der Waals surface area contributed by atoms with Crippen LogP contribution in [0, 0.1) is 5.82 Å². The van der Waals surface area contributed by atoms with Gasteiger partial charge in [-0.2, -0.15) is 0 Å². The van der Waals surface area contributed by atoms with E-state index in [1.54, 1.807) is 12.3 Å². The summed E-state index contributed by atoms with van der Waals surface area (Å²) in [5.74, 6) is -0.197. The maximum Gasteiger partial charge on any atom is 0.131 e. The maximum absolute atomic E-state index is 14.9. The summed E-state index contributed by atoms with van der Waals surface area (Å²) in [6, 6.07) is 9.94. The standard InChI is InChI=1S/C23H30FN3/c1-6-18-13-19(14-26-18)27-15(2)16-7-8-20(21(24)11-16)17-9-10-25-22(12-17)23(3,4)5/h7-12,14-15,18,26-27H,6,13H2,1-5H3/t15?,18-/m0/s1. The predicted octanol–water partition coefficient (Wildman–Crippen LogP) is 5.45. The van der Waals surface area contributed by atoms with E-state index < -0.39 is 0 Å². The SMILES string of the molecule is CC[C@H]1CC(NC(C)c2ccc(-c3ccnc(C(C)(C)C)c3)c(F)c2)=CN1. The van der Waals surface area contributed by atoms with E-state index in [2.05, 4.69) is 50.2 Å². The van der Waals surface area contributed by atoms with Crippen LogP contribution in [-0.2, 0) is 5.41 Å². The van der Waals surface area contributed by atoms with Crippen LogP contribution in [0.5, 0.6) is 0 Å². The molecule has 144 valence electrons. The smallest absolute Gasteiger partial charge is 0.131 e. The molecule has 1 aliphatic heterocycles. The lowest BCUT2D eigenvalue weighted by Crippen LogP contribution is -2.20. The van der Waals surface area contributed by atoms with Gasteiger partial charge in [0.15, 0.2) is 0 Å². The number of rotatable bonds is 5. The van der Waals surface area contributed by atoms with Gasteiger partial charge in [-0.25, -0.2) is 4.39 Å². The molecule has 0 saturated heterocycles. The van der Waals surface area contributed by atoms with E-state index in [4.69, 9.17) is 0 Å². The predicted molar refractivity (Wildman–Crippen MR) is 110 cm³/mol. The lowest BCUT2D eigenvalue weighted by molar-refractivity contribution is 0.567. The molecule has 2 N–H and O–H groups in total. The van der Waals surface area contributed by atoms with Gasteiger partial charge in [-0.1, -0.05) is 39.8 Å². The average molecular weight is 368 g/mol. The summed E-state index contributed by atoms with van der Waals surface area (Å²) in [5.41, 5.74) is 4.51. The van der Waals surface area contributed by atoms with E-state index in [0.29, 0.717) is 11.6 Å². The molecule has 0 saturated carbocycles. The summed E-state index contributed by atoms with van der Waals surface area (Å²) in [6.07, 6.45) is 5.90. The van der Waals surface area contributed by atoms with Crippen LogP contribution in [0.2, 0.25) is 0 Å². The fourth-order valence-electron chi connectivity index (χ4n) is 3.37. The van der Waals surface area contributed by atoms with Gasteiger partial charge in [-0.15, -0.1) is 0 Å². The largest absolute Gasteiger partial charge is 0.386 e. The Morgan fingerprint density at radius 2 is 2.04 bits per heavy atom. The van der Waals surface area contributed by atoms with E-state index in [9.17, 15) is 4.39 Å². The van der Waals surface area contributed by atoms with Crippen molar-refractivity contribution in [1.29, 1.82) is 0 Å². The summed E-state index contributed by atoms with van der Waals surface area (Å²) in [7, 11) is 0. The van der Waals surface area contributed by atoms with Crippen molar-refractivity contribution >= 4 is 0 Å². The number of hydrogen-bond donors (Lipinski definition) is 2. The summed E-state index contributed by atoms with van der Waals surface area (Å²) in [6.45, 7) is 10.6. The number of halogens is 1. The molecule has 0 aliphatic carbocycles. The van der Waals surface area contributed by atoms with Crippen LogP contribution in [0.15, 0.2) is 48.4 Å². The first-order chi connectivity index (χ1) is 12.8. The van der Waals surface area contributed by atoms with Crippen LogP contribution in [0.25, 0.3) is 11.1 Å². The topological polar surface area (TPSA) is 37.0 Å². The van der Waals surface area contributed by atoms with Crippen molar-refractivity contribution < 1.29 is 4.39 Å². The lowest BCUT2D eigenvalue weighted by atomic mass is 9.89. The molecule has 1 aliphatic rings. The molecule has 3 nitrogen and oxygen atoms in total. The van der Waals surface area contributed by atoms with Crippen LogP contribution in [0.3, 0.4) is 0 Å². The summed E-state index contributed by atoms with van der Waals surface area (Å²) < 4.78 is 14.9. The van der Waals surface area contributed by atoms with Gasteiger partial charge in [0.25, 0.3) is 0 Å². The number of hydrogen-bond acceptors (Lipinski definition) is 3. The molecule has 2 aromatic rings. The number of benzene rings is 1. The van der Waals surface area contributed by atoms with Crippen LogP contribution >= 0.6 is 0 Å². The van der Waals surface area contributed by atoms with E-state index >= 15 is 0 Å². The van der Waals surface area contributed by atoms with Gasteiger partial charge < -0.3 is 10.6 Å². The van der Waals surface area contributed by atoms with Crippen molar-refractivity contribution in [1.82, 2.24) is 15.6 Å². The van der Waals surface area contributed by atoms with Crippen LogP contribution in [0.1, 0.15) is 64.8 Å². The first-order valence-corrected chi connectivity index (χ1v) is 9.76. The summed E-state index contributed by atoms with van der Waals surface area (Å²) >= 11 is 0. The third-order valence-corrected chi connectivity index (χ3v) is 5.19. The van der Waals surface area contributed by atoms with Crippen LogP contribution < -0.4 is 10.6 Å².